The summed E-state index contributed by atoms with van der Waals surface area (Å²) in [5, 5.41) is 13.5. The van der Waals surface area contributed by atoms with Crippen LogP contribution in [0.4, 0.5) is 11.8 Å². The molecule has 0 amide bonds. The number of carbonyl (C=O) groups is 1. The highest BCUT2D eigenvalue weighted by Gasteiger charge is 2.33. The van der Waals surface area contributed by atoms with Gasteiger partial charge in [0.2, 0.25) is 11.8 Å². The van der Waals surface area contributed by atoms with Gasteiger partial charge >= 0.3 is 5.97 Å². The van der Waals surface area contributed by atoms with Gasteiger partial charge in [0.25, 0.3) is 0 Å². The van der Waals surface area contributed by atoms with Crippen molar-refractivity contribution in [3.8, 4) is 0 Å². The maximum absolute atomic E-state index is 12.1. The van der Waals surface area contributed by atoms with E-state index in [-0.39, 0.29) is 17.9 Å². The molecule has 0 radical (unpaired) electrons. The number of carboxylic acids is 1. The van der Waals surface area contributed by atoms with Crippen molar-refractivity contribution in [3.63, 3.8) is 0 Å². The van der Waals surface area contributed by atoms with E-state index in [2.05, 4.69) is 62.9 Å². The summed E-state index contributed by atoms with van der Waals surface area (Å²) in [6.45, 7) is 7.19. The highest BCUT2D eigenvalue weighted by Crippen LogP contribution is 2.38. The van der Waals surface area contributed by atoms with E-state index in [4.69, 9.17) is 9.72 Å². The van der Waals surface area contributed by atoms with E-state index in [1.165, 1.54) is 56.9 Å². The van der Waals surface area contributed by atoms with Crippen molar-refractivity contribution >= 4 is 28.9 Å². The molecule has 1 saturated heterocycles. The van der Waals surface area contributed by atoms with Crippen LogP contribution < -0.4 is 10.2 Å². The molecule has 2 atom stereocenters. The van der Waals surface area contributed by atoms with Gasteiger partial charge in [-0.15, -0.1) is 0 Å². The fraction of sp³-hybridized carbons (Fsp3) is 0.613. The number of aromatic nitrogens is 4. The molecule has 0 unspecified atom stereocenters. The third kappa shape index (κ3) is 5.40. The van der Waals surface area contributed by atoms with E-state index >= 15 is 0 Å². The second kappa shape index (κ2) is 11.7. The van der Waals surface area contributed by atoms with Crippen molar-refractivity contribution in [2.45, 2.75) is 83.8 Å². The number of rotatable bonds is 9. The third-order valence-electron chi connectivity index (χ3n) is 9.55. The van der Waals surface area contributed by atoms with Crippen LogP contribution in [0.25, 0.3) is 11.2 Å². The molecule has 214 valence electrons. The lowest BCUT2D eigenvalue weighted by Crippen LogP contribution is -2.41. The second-order valence-corrected chi connectivity index (χ2v) is 12.0. The summed E-state index contributed by atoms with van der Waals surface area (Å²) < 4.78 is 8.25. The number of nitrogens with one attached hydrogen (secondary N) is 1. The number of ether oxygens (including phenoxy) is 1. The molecule has 6 rings (SSSR count). The first-order valence-corrected chi connectivity index (χ1v) is 15.2. The fourth-order valence-electron chi connectivity index (χ4n) is 6.76. The summed E-state index contributed by atoms with van der Waals surface area (Å²) in [7, 11) is 0. The van der Waals surface area contributed by atoms with Gasteiger partial charge in [-0.05, 0) is 55.9 Å². The normalized spacial score (nSPS) is 24.6. The first-order chi connectivity index (χ1) is 19.5. The van der Waals surface area contributed by atoms with Gasteiger partial charge in [0, 0.05) is 19.1 Å². The second-order valence-electron chi connectivity index (χ2n) is 12.0. The molecule has 1 aliphatic heterocycles. The highest BCUT2D eigenvalue weighted by atomic mass is 16.5. The first-order valence-electron chi connectivity index (χ1n) is 15.2. The van der Waals surface area contributed by atoms with E-state index in [9.17, 15) is 9.90 Å². The number of benzene rings is 1. The summed E-state index contributed by atoms with van der Waals surface area (Å²) >= 11 is 0. The fourth-order valence-corrected chi connectivity index (χ4v) is 6.76. The van der Waals surface area contributed by atoms with Gasteiger partial charge in [-0.3, -0.25) is 0 Å². The number of fused-ring (bicyclic) bond motifs is 1. The molecule has 3 heterocycles. The Morgan fingerprint density at radius 1 is 1.07 bits per heavy atom. The van der Waals surface area contributed by atoms with E-state index in [1.54, 1.807) is 0 Å². The molecule has 9 heteroatoms. The Labute approximate surface area is 236 Å². The zero-order valence-electron chi connectivity index (χ0n) is 23.8. The Morgan fingerprint density at radius 3 is 2.50 bits per heavy atom. The van der Waals surface area contributed by atoms with Gasteiger partial charge in [-0.25, -0.2) is 14.8 Å². The lowest BCUT2D eigenvalue weighted by molar-refractivity contribution is 0.0684. The standard InChI is InChI=1S/C31H42N6O3/c1-3-21-12-14-22(15-13-21)18-37-26-27(32-20(2)23-10-7-11-23)33-29(30(38)39)34-28(26)35-31(37)36-16-17-40-19-25(36)24-8-5-4-6-9-24/h4-6,8-9,20-23,25H,3,7,10-19H2,1-2H3,(H,38,39)(H,32,33,34)/t20-,21?,22?,25+/m1/s1. The Kier molecular flexibility index (Phi) is 7.91. The van der Waals surface area contributed by atoms with Crippen LogP contribution in [0.2, 0.25) is 0 Å². The summed E-state index contributed by atoms with van der Waals surface area (Å²) in [5.74, 6) is 2.00. The van der Waals surface area contributed by atoms with Crippen molar-refractivity contribution in [1.82, 2.24) is 19.5 Å². The Hall–Kier alpha value is -3.20. The van der Waals surface area contributed by atoms with E-state index in [0.29, 0.717) is 43.1 Å². The minimum absolute atomic E-state index is 0.0125. The number of imidazole rings is 1. The van der Waals surface area contributed by atoms with Crippen LogP contribution in [0.15, 0.2) is 30.3 Å². The minimum atomic E-state index is -1.14. The monoisotopic (exact) mass is 546 g/mol. The molecule has 2 N–H and O–H groups in total. The smallest absolute Gasteiger partial charge is 0.374 e. The Morgan fingerprint density at radius 2 is 1.82 bits per heavy atom. The summed E-state index contributed by atoms with van der Waals surface area (Å²) in [6.07, 6.45) is 9.77. The molecule has 2 aromatic heterocycles. The quantitative estimate of drug-likeness (QED) is 0.341. The molecule has 3 fully saturated rings. The average Bonchev–Trinajstić information content (AvgIpc) is 3.31. The number of nitrogens with zero attached hydrogens (tertiary/aromatic N) is 5. The molecular formula is C31H42N6O3. The van der Waals surface area contributed by atoms with Crippen LogP contribution in [0, 0.1) is 17.8 Å². The maximum Gasteiger partial charge on any atom is 0.374 e. The average molecular weight is 547 g/mol. The number of hydrogen-bond acceptors (Lipinski definition) is 7. The van der Waals surface area contributed by atoms with E-state index in [0.717, 1.165) is 23.9 Å². The lowest BCUT2D eigenvalue weighted by Gasteiger charge is -2.37. The molecule has 2 saturated carbocycles. The van der Waals surface area contributed by atoms with Crippen LogP contribution in [-0.4, -0.2) is 56.4 Å². The largest absolute Gasteiger partial charge is 0.475 e. The molecule has 3 aliphatic rings. The molecule has 0 spiro atoms. The predicted molar refractivity (Wildman–Crippen MR) is 156 cm³/mol. The Balaban J connectivity index is 1.46. The minimum Gasteiger partial charge on any atom is -0.475 e. The molecule has 40 heavy (non-hydrogen) atoms. The van der Waals surface area contributed by atoms with Crippen LogP contribution >= 0.6 is 0 Å². The molecule has 3 aromatic rings. The molecule has 0 bridgehead atoms. The number of aromatic carboxylic acids is 1. The number of anilines is 2. The van der Waals surface area contributed by atoms with Gasteiger partial charge < -0.3 is 24.6 Å². The van der Waals surface area contributed by atoms with Gasteiger partial charge in [-0.1, -0.05) is 62.9 Å². The molecular weight excluding hydrogens is 504 g/mol. The number of carboxylic acid groups (broad SMARTS) is 1. The molecule has 9 nitrogen and oxygen atoms in total. The maximum atomic E-state index is 12.1. The van der Waals surface area contributed by atoms with Gasteiger partial charge in [0.05, 0.1) is 19.3 Å². The summed E-state index contributed by atoms with van der Waals surface area (Å²) in [6, 6.07) is 10.6. The SMILES string of the molecule is CCC1CCC(Cn2c(N3CCOC[C@H]3c3ccccc3)nc3nc(C(=O)O)nc(N[C@H](C)C4CCC4)c32)CC1. The van der Waals surface area contributed by atoms with Gasteiger partial charge in [-0.2, -0.15) is 4.98 Å². The lowest BCUT2D eigenvalue weighted by atomic mass is 9.80. The number of morpholine rings is 1. The zero-order chi connectivity index (χ0) is 27.6. The zero-order valence-corrected chi connectivity index (χ0v) is 23.8. The van der Waals surface area contributed by atoms with Gasteiger partial charge in [0.1, 0.15) is 5.52 Å². The van der Waals surface area contributed by atoms with Crippen molar-refractivity contribution in [2.75, 3.05) is 30.0 Å². The first kappa shape index (κ1) is 27.0. The van der Waals surface area contributed by atoms with Crippen molar-refractivity contribution in [1.29, 1.82) is 0 Å². The van der Waals surface area contributed by atoms with Crippen LogP contribution in [0.1, 0.15) is 87.4 Å². The van der Waals surface area contributed by atoms with Crippen LogP contribution in [0.3, 0.4) is 0 Å². The third-order valence-corrected chi connectivity index (χ3v) is 9.55. The van der Waals surface area contributed by atoms with Crippen LogP contribution in [0.5, 0.6) is 0 Å². The van der Waals surface area contributed by atoms with E-state index < -0.39 is 5.97 Å². The number of hydrogen-bond donors (Lipinski definition) is 2. The van der Waals surface area contributed by atoms with E-state index in [1.807, 2.05) is 6.07 Å². The summed E-state index contributed by atoms with van der Waals surface area (Å²) in [4.78, 5) is 28.5. The van der Waals surface area contributed by atoms with Crippen molar-refractivity contribution in [2.24, 2.45) is 17.8 Å². The topological polar surface area (TPSA) is 105 Å². The van der Waals surface area contributed by atoms with Crippen molar-refractivity contribution < 1.29 is 14.6 Å². The van der Waals surface area contributed by atoms with Crippen molar-refractivity contribution in [3.05, 3.63) is 41.7 Å². The molecule has 1 aromatic carbocycles. The molecule has 2 aliphatic carbocycles. The highest BCUT2D eigenvalue weighted by molar-refractivity contribution is 5.91. The summed E-state index contributed by atoms with van der Waals surface area (Å²) in [5.41, 5.74) is 2.45. The predicted octanol–water partition coefficient (Wildman–Crippen LogP) is 5.92. The van der Waals surface area contributed by atoms with Gasteiger partial charge in [0.15, 0.2) is 11.5 Å². The van der Waals surface area contributed by atoms with Crippen LogP contribution in [-0.2, 0) is 11.3 Å². The Bertz CT molecular complexity index is 1320.